The second-order valence-electron chi connectivity index (χ2n) is 3.85. The van der Waals surface area contributed by atoms with E-state index >= 15 is 0 Å². The Bertz CT molecular complexity index is 729. The van der Waals surface area contributed by atoms with E-state index in [1.54, 1.807) is 18.2 Å². The van der Waals surface area contributed by atoms with Crippen molar-refractivity contribution in [2.24, 2.45) is 10.8 Å². The van der Waals surface area contributed by atoms with Crippen molar-refractivity contribution in [3.63, 3.8) is 0 Å². The van der Waals surface area contributed by atoms with Gasteiger partial charge in [-0.15, -0.1) is 0 Å². The summed E-state index contributed by atoms with van der Waals surface area (Å²) in [6, 6.07) is 7.54. The van der Waals surface area contributed by atoms with E-state index in [1.807, 2.05) is 0 Å². The Morgan fingerprint density at radius 3 is 2.90 bits per heavy atom. The highest BCUT2D eigenvalue weighted by Crippen LogP contribution is 2.33. The molecule has 1 aromatic carbocycles. The van der Waals surface area contributed by atoms with Gasteiger partial charge in [-0.2, -0.15) is 5.10 Å². The third-order valence-electron chi connectivity index (χ3n) is 2.42. The zero-order valence-corrected chi connectivity index (χ0v) is 12.0. The van der Waals surface area contributed by atoms with Gasteiger partial charge in [0.1, 0.15) is 11.5 Å². The number of nitrogens with one attached hydrogen (secondary N) is 1. The predicted molar refractivity (Wildman–Crippen MR) is 83.3 cm³/mol. The number of hydrogen-bond acceptors (Lipinski definition) is 5. The van der Waals surface area contributed by atoms with Crippen molar-refractivity contribution >= 4 is 40.8 Å². The number of nitro benzene ring substituents is 1. The molecule has 2 aromatic rings. The average Bonchev–Trinajstić information content (AvgIpc) is 2.86. The summed E-state index contributed by atoms with van der Waals surface area (Å²) in [5.41, 5.74) is 7.77. The number of benzene rings is 1. The van der Waals surface area contributed by atoms with Gasteiger partial charge in [-0.05, 0) is 36.5 Å². The van der Waals surface area contributed by atoms with Gasteiger partial charge < -0.3 is 10.2 Å². The zero-order chi connectivity index (χ0) is 15.4. The minimum Gasteiger partial charge on any atom is -0.455 e. The van der Waals surface area contributed by atoms with E-state index in [9.17, 15) is 10.1 Å². The molecule has 1 aromatic heterocycles. The number of hydrazone groups is 1. The van der Waals surface area contributed by atoms with Gasteiger partial charge in [-0.1, -0.05) is 11.6 Å². The molecule has 0 radical (unpaired) electrons. The monoisotopic (exact) mass is 324 g/mol. The molecule has 0 saturated carbocycles. The molecule has 0 fully saturated rings. The first-order valence-corrected chi connectivity index (χ1v) is 6.38. The molecule has 0 aliphatic heterocycles. The number of nitrogens with two attached hydrogens (primary N) is 1. The highest BCUT2D eigenvalue weighted by Gasteiger charge is 2.18. The highest BCUT2D eigenvalue weighted by atomic mass is 35.5. The van der Waals surface area contributed by atoms with Gasteiger partial charge in [0.2, 0.25) is 0 Å². The molecule has 7 nitrogen and oxygen atoms in total. The topological polar surface area (TPSA) is 107 Å². The molecular weight excluding hydrogens is 316 g/mol. The van der Waals surface area contributed by atoms with Gasteiger partial charge >= 0.3 is 0 Å². The van der Waals surface area contributed by atoms with E-state index in [0.717, 1.165) is 0 Å². The molecule has 0 bridgehead atoms. The average molecular weight is 325 g/mol. The summed E-state index contributed by atoms with van der Waals surface area (Å²) in [7, 11) is 0. The Labute approximate surface area is 129 Å². The summed E-state index contributed by atoms with van der Waals surface area (Å²) < 4.78 is 5.46. The lowest BCUT2D eigenvalue weighted by Crippen LogP contribution is -2.23. The van der Waals surface area contributed by atoms with Crippen molar-refractivity contribution in [1.82, 2.24) is 5.43 Å². The first-order valence-electron chi connectivity index (χ1n) is 5.60. The van der Waals surface area contributed by atoms with Gasteiger partial charge in [0.05, 0.1) is 16.7 Å². The molecule has 1 heterocycles. The molecule has 2 rings (SSSR count). The van der Waals surface area contributed by atoms with E-state index in [0.29, 0.717) is 17.1 Å². The van der Waals surface area contributed by atoms with Crippen LogP contribution in [0.4, 0.5) is 5.69 Å². The molecule has 21 heavy (non-hydrogen) atoms. The number of thiocarbonyl (C=S) groups is 1. The third-order valence-corrected chi connectivity index (χ3v) is 2.74. The lowest BCUT2D eigenvalue weighted by Gasteiger charge is -2.00. The second kappa shape index (κ2) is 6.33. The Hall–Kier alpha value is -2.45. The molecule has 0 unspecified atom stereocenters. The van der Waals surface area contributed by atoms with E-state index in [-0.39, 0.29) is 15.8 Å². The minimum atomic E-state index is -0.522. The van der Waals surface area contributed by atoms with Crippen LogP contribution in [0.3, 0.4) is 0 Å². The van der Waals surface area contributed by atoms with E-state index in [1.165, 1.54) is 18.3 Å². The fraction of sp³-hybridized carbons (Fsp3) is 0. The number of hydrogen-bond donors (Lipinski definition) is 2. The molecule has 0 saturated heterocycles. The third kappa shape index (κ3) is 3.77. The lowest BCUT2D eigenvalue weighted by atomic mass is 10.1. The molecule has 9 heteroatoms. The van der Waals surface area contributed by atoms with Crippen LogP contribution in [0.15, 0.2) is 39.9 Å². The van der Waals surface area contributed by atoms with E-state index < -0.39 is 4.92 Å². The standard InChI is InChI=1S/C12H9ClN4O3S/c13-7-1-3-9(10(5-7)17(18)19)11-4-2-8(20-11)6-15-16-12(14)21/h1-6H,(H3,14,16,21)/b15-6+. The van der Waals surface area contributed by atoms with Crippen LogP contribution in [0.5, 0.6) is 0 Å². The number of halogens is 1. The first kappa shape index (κ1) is 14.9. The SMILES string of the molecule is NC(=S)N/N=C/c1ccc(-c2ccc(Cl)cc2[N+](=O)[O-])o1. The van der Waals surface area contributed by atoms with Gasteiger partial charge in [0.15, 0.2) is 5.11 Å². The molecule has 0 amide bonds. The number of rotatable bonds is 4. The van der Waals surface area contributed by atoms with Crippen molar-refractivity contribution in [2.45, 2.75) is 0 Å². The Kier molecular flexibility index (Phi) is 4.51. The normalized spacial score (nSPS) is 10.7. The van der Waals surface area contributed by atoms with Crippen LogP contribution in [0.25, 0.3) is 11.3 Å². The predicted octanol–water partition coefficient (Wildman–Crippen LogP) is 2.68. The Morgan fingerprint density at radius 2 is 2.24 bits per heavy atom. The molecule has 3 N–H and O–H groups in total. The summed E-state index contributed by atoms with van der Waals surface area (Å²) in [5.74, 6) is 0.716. The lowest BCUT2D eigenvalue weighted by molar-refractivity contribution is -0.384. The van der Waals surface area contributed by atoms with Gasteiger partial charge in [-0.25, -0.2) is 0 Å². The van der Waals surface area contributed by atoms with Crippen LogP contribution in [-0.4, -0.2) is 16.3 Å². The first-order chi connectivity index (χ1) is 9.97. The molecule has 0 spiro atoms. The van der Waals surface area contributed by atoms with Crippen LogP contribution in [0, 0.1) is 10.1 Å². The maximum absolute atomic E-state index is 11.0. The maximum Gasteiger partial charge on any atom is 0.281 e. The zero-order valence-electron chi connectivity index (χ0n) is 10.4. The highest BCUT2D eigenvalue weighted by molar-refractivity contribution is 7.80. The number of furan rings is 1. The Morgan fingerprint density at radius 1 is 1.48 bits per heavy atom. The quantitative estimate of drug-likeness (QED) is 0.387. The molecule has 0 aliphatic carbocycles. The fourth-order valence-electron chi connectivity index (χ4n) is 1.59. The van der Waals surface area contributed by atoms with Crippen molar-refractivity contribution in [2.75, 3.05) is 0 Å². The maximum atomic E-state index is 11.0. The molecule has 0 atom stereocenters. The molecular formula is C12H9ClN4O3S. The second-order valence-corrected chi connectivity index (χ2v) is 4.73. The summed E-state index contributed by atoms with van der Waals surface area (Å²) in [6.45, 7) is 0. The largest absolute Gasteiger partial charge is 0.455 e. The number of nitrogens with zero attached hydrogens (tertiary/aromatic N) is 2. The van der Waals surface area contributed by atoms with Crippen LogP contribution in [0.2, 0.25) is 5.02 Å². The van der Waals surface area contributed by atoms with Crippen LogP contribution in [0.1, 0.15) is 5.76 Å². The van der Waals surface area contributed by atoms with Gasteiger partial charge in [0, 0.05) is 11.1 Å². The van der Waals surface area contributed by atoms with Crippen LogP contribution in [-0.2, 0) is 0 Å². The summed E-state index contributed by atoms with van der Waals surface area (Å²) in [4.78, 5) is 10.5. The van der Waals surface area contributed by atoms with E-state index in [2.05, 4.69) is 22.7 Å². The van der Waals surface area contributed by atoms with E-state index in [4.69, 9.17) is 21.8 Å². The summed E-state index contributed by atoms with van der Waals surface area (Å²) in [5, 5.41) is 15.1. The van der Waals surface area contributed by atoms with Crippen molar-refractivity contribution in [1.29, 1.82) is 0 Å². The van der Waals surface area contributed by atoms with Crippen LogP contribution < -0.4 is 11.2 Å². The smallest absolute Gasteiger partial charge is 0.281 e. The van der Waals surface area contributed by atoms with Gasteiger partial charge in [0.25, 0.3) is 5.69 Å². The van der Waals surface area contributed by atoms with Gasteiger partial charge in [-0.3, -0.25) is 15.5 Å². The Balaban J connectivity index is 2.31. The van der Waals surface area contributed by atoms with Crippen molar-refractivity contribution in [3.8, 4) is 11.3 Å². The minimum absolute atomic E-state index is 0.0198. The number of nitro groups is 1. The van der Waals surface area contributed by atoms with Crippen LogP contribution >= 0.6 is 23.8 Å². The molecule has 0 aliphatic rings. The fourth-order valence-corrected chi connectivity index (χ4v) is 1.81. The van der Waals surface area contributed by atoms with Crippen molar-refractivity contribution < 1.29 is 9.34 Å². The van der Waals surface area contributed by atoms with Crippen molar-refractivity contribution in [3.05, 3.63) is 51.2 Å². The summed E-state index contributed by atoms with van der Waals surface area (Å²) in [6.07, 6.45) is 1.35. The summed E-state index contributed by atoms with van der Waals surface area (Å²) >= 11 is 10.3. The molecule has 108 valence electrons.